The Labute approximate surface area is 220 Å². The molecule has 1 aliphatic heterocycles. The van der Waals surface area contributed by atoms with Crippen LogP contribution in [-0.2, 0) is 0 Å². The van der Waals surface area contributed by atoms with Crippen LogP contribution in [0.1, 0.15) is 32.6 Å². The van der Waals surface area contributed by atoms with Crippen molar-refractivity contribution in [1.29, 1.82) is 0 Å². The molecule has 184 valence electrons. The van der Waals surface area contributed by atoms with E-state index in [1.54, 1.807) is 0 Å². The number of hydrogen-bond acceptors (Lipinski definition) is 4. The van der Waals surface area contributed by atoms with Crippen LogP contribution < -0.4 is 14.7 Å². The zero-order valence-electron chi connectivity index (χ0n) is 21.5. The SMILES string of the molecule is CCCCCCN1c2ccc(N(C)c3ccccc3)cc2Sc2cc(N(C)c3ccccc3)ccc21. The number of anilines is 6. The average Bonchev–Trinajstić information content (AvgIpc) is 2.94. The molecule has 1 heterocycles. The summed E-state index contributed by atoms with van der Waals surface area (Å²) in [6.07, 6.45) is 5.03. The number of fused-ring (bicyclic) bond motifs is 2. The second-order valence-electron chi connectivity index (χ2n) is 9.41. The molecule has 36 heavy (non-hydrogen) atoms. The van der Waals surface area contributed by atoms with Crippen molar-refractivity contribution in [3.63, 3.8) is 0 Å². The van der Waals surface area contributed by atoms with Crippen molar-refractivity contribution in [2.24, 2.45) is 0 Å². The smallest absolute Gasteiger partial charge is 0.0554 e. The Morgan fingerprint density at radius 2 is 1.08 bits per heavy atom. The van der Waals surface area contributed by atoms with Gasteiger partial charge in [0.25, 0.3) is 0 Å². The van der Waals surface area contributed by atoms with Gasteiger partial charge >= 0.3 is 0 Å². The Morgan fingerprint density at radius 1 is 0.583 bits per heavy atom. The summed E-state index contributed by atoms with van der Waals surface area (Å²) in [6.45, 7) is 3.32. The van der Waals surface area contributed by atoms with Crippen LogP contribution in [0.25, 0.3) is 0 Å². The third-order valence-corrected chi connectivity index (χ3v) is 8.08. The monoisotopic (exact) mass is 493 g/mol. The highest BCUT2D eigenvalue weighted by atomic mass is 32.2. The van der Waals surface area contributed by atoms with Crippen molar-refractivity contribution in [2.75, 3.05) is 35.3 Å². The van der Waals surface area contributed by atoms with E-state index < -0.39 is 0 Å². The van der Waals surface area contributed by atoms with Crippen LogP contribution in [0.4, 0.5) is 34.1 Å². The number of unbranched alkanes of at least 4 members (excludes halogenated alkanes) is 3. The molecule has 4 heteroatoms. The lowest BCUT2D eigenvalue weighted by Gasteiger charge is -2.34. The highest BCUT2D eigenvalue weighted by molar-refractivity contribution is 7.99. The zero-order chi connectivity index (χ0) is 24.9. The molecule has 0 bridgehead atoms. The minimum atomic E-state index is 1.04. The van der Waals surface area contributed by atoms with Gasteiger partial charge in [-0.25, -0.2) is 0 Å². The second-order valence-corrected chi connectivity index (χ2v) is 10.5. The predicted octanol–water partition coefficient (Wildman–Crippen LogP) is 9.41. The number of para-hydroxylation sites is 2. The minimum Gasteiger partial charge on any atom is -0.345 e. The Balaban J connectivity index is 1.49. The zero-order valence-corrected chi connectivity index (χ0v) is 22.3. The van der Waals surface area contributed by atoms with Gasteiger partial charge in [-0.1, -0.05) is 74.3 Å². The lowest BCUT2D eigenvalue weighted by molar-refractivity contribution is 0.666. The van der Waals surface area contributed by atoms with Gasteiger partial charge in [0, 0.05) is 53.2 Å². The Kier molecular flexibility index (Phi) is 7.52. The van der Waals surface area contributed by atoms with E-state index in [2.05, 4.69) is 133 Å². The van der Waals surface area contributed by atoms with Gasteiger partial charge in [-0.15, -0.1) is 0 Å². The van der Waals surface area contributed by atoms with Gasteiger partial charge in [-0.05, 0) is 67.1 Å². The summed E-state index contributed by atoms with van der Waals surface area (Å²) in [5, 5.41) is 0. The molecule has 5 rings (SSSR count). The van der Waals surface area contributed by atoms with E-state index in [0.717, 1.165) is 6.54 Å². The number of rotatable bonds is 9. The molecule has 0 saturated heterocycles. The molecule has 1 aliphatic rings. The summed E-state index contributed by atoms with van der Waals surface area (Å²) >= 11 is 1.89. The molecule has 0 amide bonds. The maximum absolute atomic E-state index is 2.54. The first-order chi connectivity index (χ1) is 17.7. The molecule has 0 aromatic heterocycles. The summed E-state index contributed by atoms with van der Waals surface area (Å²) in [6, 6.07) is 35.0. The van der Waals surface area contributed by atoms with Gasteiger partial charge in [0.2, 0.25) is 0 Å². The lowest BCUT2D eigenvalue weighted by Crippen LogP contribution is -2.22. The molecule has 0 fully saturated rings. The van der Waals surface area contributed by atoms with Crippen molar-refractivity contribution < 1.29 is 0 Å². The highest BCUT2D eigenvalue weighted by Gasteiger charge is 2.25. The molecule has 4 aromatic rings. The van der Waals surface area contributed by atoms with Crippen LogP contribution in [0.15, 0.2) is 107 Å². The van der Waals surface area contributed by atoms with Crippen molar-refractivity contribution >= 4 is 45.9 Å². The molecule has 0 spiro atoms. The summed E-state index contributed by atoms with van der Waals surface area (Å²) < 4.78 is 0. The lowest BCUT2D eigenvalue weighted by atomic mass is 10.1. The quantitative estimate of drug-likeness (QED) is 0.215. The first kappa shape index (κ1) is 24.3. The summed E-state index contributed by atoms with van der Waals surface area (Å²) in [5.41, 5.74) is 7.44. The maximum Gasteiger partial charge on any atom is 0.0554 e. The molecule has 3 nitrogen and oxygen atoms in total. The Morgan fingerprint density at radius 3 is 1.56 bits per heavy atom. The van der Waals surface area contributed by atoms with Crippen LogP contribution in [0.5, 0.6) is 0 Å². The van der Waals surface area contributed by atoms with Crippen LogP contribution in [-0.4, -0.2) is 20.6 Å². The van der Waals surface area contributed by atoms with E-state index in [-0.39, 0.29) is 0 Å². The van der Waals surface area contributed by atoms with E-state index in [4.69, 9.17) is 0 Å². The average molecular weight is 494 g/mol. The molecule has 0 N–H and O–H groups in total. The fourth-order valence-electron chi connectivity index (χ4n) is 4.82. The van der Waals surface area contributed by atoms with Gasteiger partial charge in [0.05, 0.1) is 11.4 Å². The van der Waals surface area contributed by atoms with Crippen LogP contribution in [0.2, 0.25) is 0 Å². The van der Waals surface area contributed by atoms with E-state index in [1.165, 1.54) is 69.6 Å². The molecule has 0 saturated carbocycles. The van der Waals surface area contributed by atoms with Gasteiger partial charge < -0.3 is 14.7 Å². The summed E-state index contributed by atoms with van der Waals surface area (Å²) in [7, 11) is 4.29. The molecular formula is C32H35N3S. The van der Waals surface area contributed by atoms with Gasteiger partial charge in [-0.3, -0.25) is 0 Å². The molecule has 4 aromatic carbocycles. The Hall–Kier alpha value is -3.37. The fraction of sp³-hybridized carbons (Fsp3) is 0.250. The third kappa shape index (κ3) is 5.10. The molecular weight excluding hydrogens is 458 g/mol. The largest absolute Gasteiger partial charge is 0.345 e. The highest BCUT2D eigenvalue weighted by Crippen LogP contribution is 2.50. The van der Waals surface area contributed by atoms with E-state index in [0.29, 0.717) is 0 Å². The van der Waals surface area contributed by atoms with Gasteiger partial charge in [0.1, 0.15) is 0 Å². The number of hydrogen-bond donors (Lipinski definition) is 0. The summed E-state index contributed by atoms with van der Waals surface area (Å²) in [5.74, 6) is 0. The normalized spacial score (nSPS) is 12.1. The van der Waals surface area contributed by atoms with Gasteiger partial charge in [-0.2, -0.15) is 0 Å². The van der Waals surface area contributed by atoms with Crippen LogP contribution in [0.3, 0.4) is 0 Å². The molecule has 0 atom stereocenters. The topological polar surface area (TPSA) is 9.72 Å². The molecule has 0 unspecified atom stereocenters. The van der Waals surface area contributed by atoms with Crippen molar-refractivity contribution in [1.82, 2.24) is 0 Å². The van der Waals surface area contributed by atoms with Crippen molar-refractivity contribution in [3.05, 3.63) is 97.1 Å². The number of benzene rings is 4. The summed E-state index contributed by atoms with van der Waals surface area (Å²) in [4.78, 5) is 9.70. The first-order valence-corrected chi connectivity index (χ1v) is 13.8. The van der Waals surface area contributed by atoms with Crippen LogP contribution in [0, 0.1) is 0 Å². The molecule has 0 aliphatic carbocycles. The van der Waals surface area contributed by atoms with Crippen LogP contribution >= 0.6 is 11.8 Å². The molecule has 0 radical (unpaired) electrons. The minimum absolute atomic E-state index is 1.04. The van der Waals surface area contributed by atoms with Gasteiger partial charge in [0.15, 0.2) is 0 Å². The predicted molar refractivity (Wildman–Crippen MR) is 157 cm³/mol. The van der Waals surface area contributed by atoms with E-state index in [9.17, 15) is 0 Å². The first-order valence-electron chi connectivity index (χ1n) is 13.0. The fourth-order valence-corrected chi connectivity index (χ4v) is 5.98. The Bertz CT molecular complexity index is 1190. The third-order valence-electron chi connectivity index (χ3n) is 6.99. The number of nitrogens with zero attached hydrogens (tertiary/aromatic N) is 3. The standard InChI is InChI=1S/C32H35N3S/c1-4-5-6-13-22-35-29-20-18-27(33(2)25-14-9-7-10-15-25)23-31(29)36-32-24-28(19-21-30(32)35)34(3)26-16-11-8-12-17-26/h7-12,14-21,23-24H,4-6,13,22H2,1-3H3. The van der Waals surface area contributed by atoms with E-state index in [1.807, 2.05) is 11.8 Å². The van der Waals surface area contributed by atoms with Crippen molar-refractivity contribution in [3.8, 4) is 0 Å². The maximum atomic E-state index is 2.54. The van der Waals surface area contributed by atoms with E-state index >= 15 is 0 Å². The van der Waals surface area contributed by atoms with Crippen molar-refractivity contribution in [2.45, 2.75) is 42.4 Å². The second kappa shape index (κ2) is 11.1.